The minimum absolute atomic E-state index is 0.0742. The van der Waals surface area contributed by atoms with Gasteiger partial charge in [-0.15, -0.1) is 0 Å². The third-order valence-electron chi connectivity index (χ3n) is 2.67. The number of hydrogen-bond acceptors (Lipinski definition) is 3. The third kappa shape index (κ3) is 4.64. The van der Waals surface area contributed by atoms with E-state index in [9.17, 15) is 13.2 Å². The fourth-order valence-electron chi connectivity index (χ4n) is 1.95. The number of nitrogens with two attached hydrogens (primary N) is 1. The number of aromatic nitrogens is 1. The molecular formula is C13H23N3O3S. The van der Waals surface area contributed by atoms with Crippen molar-refractivity contribution in [2.75, 3.05) is 13.1 Å². The number of nitrogens with zero attached hydrogens (tertiary/aromatic N) is 1. The molecule has 3 N–H and O–H groups in total. The Kier molecular flexibility index (Phi) is 5.35. The summed E-state index contributed by atoms with van der Waals surface area (Å²) < 4.78 is 22.5. The fourth-order valence-corrected chi connectivity index (χ4v) is 2.46. The largest absolute Gasteiger partial charge is 0.356 e. The van der Waals surface area contributed by atoms with Gasteiger partial charge in [-0.1, -0.05) is 27.7 Å². The SMILES string of the molecule is CC(C)CN(CC(C)C)C(=O)c1cc(S(N)(=O)=O)c[nH]1. The Morgan fingerprint density at radius 2 is 1.75 bits per heavy atom. The lowest BCUT2D eigenvalue weighted by molar-refractivity contribution is 0.0710. The fraction of sp³-hybridized carbons (Fsp3) is 0.615. The van der Waals surface area contributed by atoms with Crippen LogP contribution in [0.25, 0.3) is 0 Å². The van der Waals surface area contributed by atoms with Crippen LogP contribution in [0.15, 0.2) is 17.2 Å². The van der Waals surface area contributed by atoms with E-state index in [0.29, 0.717) is 24.9 Å². The molecule has 0 bridgehead atoms. The maximum absolute atomic E-state index is 12.4. The number of primary sulfonamides is 1. The monoisotopic (exact) mass is 301 g/mol. The van der Waals surface area contributed by atoms with Crippen LogP contribution in [0, 0.1) is 11.8 Å². The van der Waals surface area contributed by atoms with Gasteiger partial charge >= 0.3 is 0 Å². The van der Waals surface area contributed by atoms with Gasteiger partial charge in [0.2, 0.25) is 10.0 Å². The van der Waals surface area contributed by atoms with Crippen LogP contribution in [0.4, 0.5) is 0 Å². The maximum Gasteiger partial charge on any atom is 0.270 e. The molecule has 0 aliphatic rings. The van der Waals surface area contributed by atoms with Gasteiger partial charge in [0.15, 0.2) is 0 Å². The second-order valence-corrected chi connectivity index (χ2v) is 7.35. The van der Waals surface area contributed by atoms with Gasteiger partial charge in [-0.05, 0) is 17.9 Å². The predicted octanol–water partition coefficient (Wildman–Crippen LogP) is 1.42. The van der Waals surface area contributed by atoms with E-state index in [0.717, 1.165) is 0 Å². The highest BCUT2D eigenvalue weighted by Crippen LogP contribution is 2.13. The van der Waals surface area contributed by atoms with E-state index in [1.165, 1.54) is 12.3 Å². The maximum atomic E-state index is 12.4. The van der Waals surface area contributed by atoms with Crippen LogP contribution >= 0.6 is 0 Å². The molecule has 0 aliphatic carbocycles. The highest BCUT2D eigenvalue weighted by Gasteiger charge is 2.21. The van der Waals surface area contributed by atoms with E-state index in [1.807, 2.05) is 27.7 Å². The molecule has 1 heterocycles. The average molecular weight is 301 g/mol. The van der Waals surface area contributed by atoms with Gasteiger partial charge < -0.3 is 9.88 Å². The second-order valence-electron chi connectivity index (χ2n) is 5.79. The highest BCUT2D eigenvalue weighted by molar-refractivity contribution is 7.89. The Labute approximate surface area is 120 Å². The normalized spacial score (nSPS) is 12.2. The lowest BCUT2D eigenvalue weighted by Crippen LogP contribution is -2.37. The molecule has 0 unspecified atom stereocenters. The van der Waals surface area contributed by atoms with Crippen molar-refractivity contribution in [2.24, 2.45) is 17.0 Å². The Hall–Kier alpha value is -1.34. The summed E-state index contributed by atoms with van der Waals surface area (Å²) in [5, 5.41) is 5.04. The first-order valence-electron chi connectivity index (χ1n) is 6.61. The van der Waals surface area contributed by atoms with E-state index >= 15 is 0 Å². The molecule has 1 aromatic heterocycles. The van der Waals surface area contributed by atoms with Crippen molar-refractivity contribution >= 4 is 15.9 Å². The smallest absolute Gasteiger partial charge is 0.270 e. The molecule has 1 rings (SSSR count). The van der Waals surface area contributed by atoms with E-state index in [-0.39, 0.29) is 16.5 Å². The average Bonchev–Trinajstić information content (AvgIpc) is 2.74. The van der Waals surface area contributed by atoms with Gasteiger partial charge in [-0.3, -0.25) is 4.79 Å². The quantitative estimate of drug-likeness (QED) is 0.831. The van der Waals surface area contributed by atoms with Crippen molar-refractivity contribution in [1.29, 1.82) is 0 Å². The van der Waals surface area contributed by atoms with Crippen LogP contribution in [-0.4, -0.2) is 37.3 Å². The molecule has 0 fully saturated rings. The van der Waals surface area contributed by atoms with Crippen molar-refractivity contribution in [3.63, 3.8) is 0 Å². The summed E-state index contributed by atoms with van der Waals surface area (Å²) in [6.45, 7) is 9.38. The summed E-state index contributed by atoms with van der Waals surface area (Å²) in [7, 11) is -3.79. The summed E-state index contributed by atoms with van der Waals surface area (Å²) in [6, 6.07) is 1.28. The number of carbonyl (C=O) groups is 1. The standard InChI is InChI=1S/C13H23N3O3S/c1-9(2)7-16(8-10(3)4)13(17)12-5-11(6-15-12)20(14,18)19/h5-6,9-10,15H,7-8H2,1-4H3,(H2,14,18,19). The Morgan fingerprint density at radius 3 is 2.10 bits per heavy atom. The zero-order valence-electron chi connectivity index (χ0n) is 12.4. The van der Waals surface area contributed by atoms with E-state index < -0.39 is 10.0 Å². The lowest BCUT2D eigenvalue weighted by Gasteiger charge is -2.25. The molecular weight excluding hydrogens is 278 g/mol. The Bertz CT molecular complexity index is 551. The molecule has 0 saturated carbocycles. The van der Waals surface area contributed by atoms with Gasteiger partial charge in [-0.25, -0.2) is 13.6 Å². The molecule has 114 valence electrons. The van der Waals surface area contributed by atoms with Crippen LogP contribution in [-0.2, 0) is 10.0 Å². The number of amides is 1. The van der Waals surface area contributed by atoms with Gasteiger partial charge in [0.25, 0.3) is 5.91 Å². The summed E-state index contributed by atoms with van der Waals surface area (Å²) in [4.78, 5) is 16.8. The van der Waals surface area contributed by atoms with E-state index in [1.54, 1.807) is 4.90 Å². The van der Waals surface area contributed by atoms with Crippen molar-refractivity contribution in [1.82, 2.24) is 9.88 Å². The predicted molar refractivity (Wildman–Crippen MR) is 77.7 cm³/mol. The molecule has 0 radical (unpaired) electrons. The molecule has 1 amide bonds. The molecule has 6 nitrogen and oxygen atoms in total. The summed E-state index contributed by atoms with van der Waals surface area (Å²) >= 11 is 0. The third-order valence-corrected chi connectivity index (χ3v) is 3.57. The van der Waals surface area contributed by atoms with Crippen LogP contribution in [0.2, 0.25) is 0 Å². The van der Waals surface area contributed by atoms with E-state index in [4.69, 9.17) is 5.14 Å². The molecule has 0 atom stereocenters. The lowest BCUT2D eigenvalue weighted by atomic mass is 10.1. The number of hydrogen-bond donors (Lipinski definition) is 2. The first-order valence-corrected chi connectivity index (χ1v) is 8.16. The zero-order chi connectivity index (χ0) is 15.5. The number of nitrogens with one attached hydrogen (secondary N) is 1. The van der Waals surface area contributed by atoms with Crippen molar-refractivity contribution < 1.29 is 13.2 Å². The van der Waals surface area contributed by atoms with Crippen LogP contribution in [0.3, 0.4) is 0 Å². The molecule has 0 spiro atoms. The number of aromatic amines is 1. The number of H-pyrrole nitrogens is 1. The summed E-state index contributed by atoms with van der Waals surface area (Å²) in [5.74, 6) is 0.470. The van der Waals surface area contributed by atoms with Crippen LogP contribution in [0.1, 0.15) is 38.2 Å². The highest BCUT2D eigenvalue weighted by atomic mass is 32.2. The Balaban J connectivity index is 2.97. The number of carbonyl (C=O) groups excluding carboxylic acids is 1. The van der Waals surface area contributed by atoms with Gasteiger partial charge in [-0.2, -0.15) is 0 Å². The Morgan fingerprint density at radius 1 is 1.25 bits per heavy atom. The molecule has 7 heteroatoms. The number of rotatable bonds is 6. The summed E-state index contributed by atoms with van der Waals surface area (Å²) in [6.07, 6.45) is 1.24. The molecule has 0 aliphatic heterocycles. The molecule has 1 aromatic rings. The van der Waals surface area contributed by atoms with Crippen LogP contribution < -0.4 is 5.14 Å². The summed E-state index contributed by atoms with van der Waals surface area (Å²) in [5.41, 5.74) is 0.246. The van der Waals surface area contributed by atoms with E-state index in [2.05, 4.69) is 4.98 Å². The van der Waals surface area contributed by atoms with Crippen molar-refractivity contribution in [3.05, 3.63) is 18.0 Å². The molecule has 0 aromatic carbocycles. The molecule has 20 heavy (non-hydrogen) atoms. The van der Waals surface area contributed by atoms with Gasteiger partial charge in [0, 0.05) is 19.3 Å². The molecule has 0 saturated heterocycles. The topological polar surface area (TPSA) is 96.3 Å². The first-order chi connectivity index (χ1) is 9.11. The van der Waals surface area contributed by atoms with Gasteiger partial charge in [0.05, 0.1) is 4.90 Å². The zero-order valence-corrected chi connectivity index (χ0v) is 13.2. The first kappa shape index (κ1) is 16.7. The minimum Gasteiger partial charge on any atom is -0.356 e. The van der Waals surface area contributed by atoms with Crippen molar-refractivity contribution in [2.45, 2.75) is 32.6 Å². The van der Waals surface area contributed by atoms with Gasteiger partial charge in [0.1, 0.15) is 5.69 Å². The number of sulfonamides is 1. The second kappa shape index (κ2) is 6.41. The minimum atomic E-state index is -3.79. The van der Waals surface area contributed by atoms with Crippen LogP contribution in [0.5, 0.6) is 0 Å². The van der Waals surface area contributed by atoms with Crippen molar-refractivity contribution in [3.8, 4) is 0 Å².